The third-order valence-corrected chi connectivity index (χ3v) is 3.53. The minimum Gasteiger partial charge on any atom is -0.364 e. The van der Waals surface area contributed by atoms with Crippen molar-refractivity contribution in [1.82, 2.24) is 10.3 Å². The quantitative estimate of drug-likeness (QED) is 0.912. The number of H-pyrrole nitrogens is 1. The number of aromatic nitrogens is 1. The molecule has 0 radical (unpaired) electrons. The Hall–Kier alpha value is -2.07. The Labute approximate surface area is 128 Å². The molecule has 21 heavy (non-hydrogen) atoms. The molecule has 110 valence electrons. The van der Waals surface area contributed by atoms with E-state index in [0.717, 1.165) is 11.3 Å². The molecule has 2 rings (SSSR count). The molecule has 2 aromatic rings. The van der Waals surface area contributed by atoms with Crippen molar-refractivity contribution in [1.29, 1.82) is 0 Å². The van der Waals surface area contributed by atoms with Gasteiger partial charge >= 0.3 is 0 Å². The maximum atomic E-state index is 12.1. The van der Waals surface area contributed by atoms with E-state index in [2.05, 4.69) is 10.3 Å². The summed E-state index contributed by atoms with van der Waals surface area (Å²) in [7, 11) is 0. The highest BCUT2D eigenvalue weighted by molar-refractivity contribution is 6.31. The van der Waals surface area contributed by atoms with Crippen molar-refractivity contribution in [3.8, 4) is 0 Å². The number of nitrogens with one attached hydrogen (secondary N) is 2. The zero-order chi connectivity index (χ0) is 15.4. The molecule has 0 aliphatic rings. The first-order valence-electron chi connectivity index (χ1n) is 6.71. The molecule has 1 aromatic heterocycles. The molecule has 2 N–H and O–H groups in total. The van der Waals surface area contributed by atoms with Gasteiger partial charge in [-0.1, -0.05) is 29.8 Å². The first-order chi connectivity index (χ1) is 9.97. The number of hydrogen-bond donors (Lipinski definition) is 2. The van der Waals surface area contributed by atoms with Crippen LogP contribution in [0.5, 0.6) is 0 Å². The first kappa shape index (κ1) is 15.3. The molecule has 0 bridgehead atoms. The van der Waals surface area contributed by atoms with Crippen LogP contribution in [-0.2, 0) is 6.42 Å². The van der Waals surface area contributed by atoms with Crippen molar-refractivity contribution < 1.29 is 4.79 Å². The van der Waals surface area contributed by atoms with Gasteiger partial charge in [0.05, 0.1) is 0 Å². The van der Waals surface area contributed by atoms with Crippen molar-refractivity contribution in [2.45, 2.75) is 26.3 Å². The van der Waals surface area contributed by atoms with Gasteiger partial charge < -0.3 is 10.3 Å². The van der Waals surface area contributed by atoms with Gasteiger partial charge in [0, 0.05) is 29.0 Å². The van der Waals surface area contributed by atoms with Gasteiger partial charge in [0.2, 0.25) is 0 Å². The first-order valence-corrected chi connectivity index (χ1v) is 7.09. The third-order valence-electron chi connectivity index (χ3n) is 3.16. The maximum absolute atomic E-state index is 12.1. The van der Waals surface area contributed by atoms with Crippen LogP contribution in [0.2, 0.25) is 5.02 Å². The molecule has 0 spiro atoms. The van der Waals surface area contributed by atoms with Gasteiger partial charge in [-0.05, 0) is 31.9 Å². The number of halogens is 1. The second kappa shape index (κ2) is 6.59. The number of carbonyl (C=O) groups is 1. The van der Waals surface area contributed by atoms with E-state index >= 15 is 0 Å². The van der Waals surface area contributed by atoms with Crippen LogP contribution in [0.25, 0.3) is 0 Å². The number of hydrogen-bond acceptors (Lipinski definition) is 2. The molecular weight excluding hydrogens is 288 g/mol. The van der Waals surface area contributed by atoms with Gasteiger partial charge in [0.1, 0.15) is 5.56 Å². The summed E-state index contributed by atoms with van der Waals surface area (Å²) in [4.78, 5) is 26.7. The van der Waals surface area contributed by atoms with Gasteiger partial charge in [-0.3, -0.25) is 9.59 Å². The molecular formula is C16H17ClN2O2. The van der Waals surface area contributed by atoms with Crippen molar-refractivity contribution in [3.05, 3.63) is 68.6 Å². The predicted octanol–water partition coefficient (Wildman–Crippen LogP) is 2.70. The summed E-state index contributed by atoms with van der Waals surface area (Å²) in [6.45, 7) is 3.65. The number of carbonyl (C=O) groups excluding carboxylic acids is 1. The van der Waals surface area contributed by atoms with E-state index in [-0.39, 0.29) is 22.9 Å². The van der Waals surface area contributed by atoms with Gasteiger partial charge in [-0.2, -0.15) is 0 Å². The van der Waals surface area contributed by atoms with Crippen LogP contribution in [0.4, 0.5) is 0 Å². The lowest BCUT2D eigenvalue weighted by Crippen LogP contribution is -2.36. The van der Waals surface area contributed by atoms with E-state index in [1.807, 2.05) is 31.2 Å². The van der Waals surface area contributed by atoms with E-state index in [9.17, 15) is 9.59 Å². The molecule has 1 heterocycles. The number of aromatic amines is 1. The average molecular weight is 305 g/mol. The van der Waals surface area contributed by atoms with Gasteiger partial charge in [0.25, 0.3) is 5.91 Å². The van der Waals surface area contributed by atoms with Gasteiger partial charge in [-0.15, -0.1) is 0 Å². The average Bonchev–Trinajstić information content (AvgIpc) is 2.41. The molecule has 4 nitrogen and oxygen atoms in total. The van der Waals surface area contributed by atoms with Crippen LogP contribution in [0.1, 0.15) is 28.5 Å². The molecule has 1 unspecified atom stereocenters. The second-order valence-electron chi connectivity index (χ2n) is 5.06. The fourth-order valence-electron chi connectivity index (χ4n) is 2.10. The Kier molecular flexibility index (Phi) is 4.81. The number of aryl methyl sites for hydroxylation is 1. The van der Waals surface area contributed by atoms with Crippen LogP contribution in [0.15, 0.2) is 41.3 Å². The monoisotopic (exact) mass is 304 g/mol. The Morgan fingerprint density at radius 1 is 1.38 bits per heavy atom. The van der Waals surface area contributed by atoms with E-state index in [4.69, 9.17) is 11.6 Å². The molecule has 0 aliphatic carbocycles. The smallest absolute Gasteiger partial charge is 0.256 e. The standard InChI is InChI=1S/C16H17ClN2O2/c1-10-8-15(20)13(9-18-10)16(21)19-11(2)7-12-5-3-4-6-14(12)17/h3-6,8-9,11H,7H2,1-2H3,(H,18,20)(H,19,21). The molecule has 0 saturated carbocycles. The number of pyridine rings is 1. The fourth-order valence-corrected chi connectivity index (χ4v) is 2.31. The maximum Gasteiger partial charge on any atom is 0.256 e. The summed E-state index contributed by atoms with van der Waals surface area (Å²) in [5.74, 6) is -0.379. The Balaban J connectivity index is 2.06. The molecule has 5 heteroatoms. The van der Waals surface area contributed by atoms with Gasteiger partial charge in [0.15, 0.2) is 5.43 Å². The van der Waals surface area contributed by atoms with Crippen molar-refractivity contribution in [2.24, 2.45) is 0 Å². The molecule has 1 aromatic carbocycles. The molecule has 1 amide bonds. The SMILES string of the molecule is Cc1cc(=O)c(C(=O)NC(C)Cc2ccccc2Cl)c[nH]1. The highest BCUT2D eigenvalue weighted by Crippen LogP contribution is 2.16. The highest BCUT2D eigenvalue weighted by Gasteiger charge is 2.14. The summed E-state index contributed by atoms with van der Waals surface area (Å²) in [5, 5.41) is 3.49. The van der Waals surface area contributed by atoms with Crippen molar-refractivity contribution in [2.75, 3.05) is 0 Å². The van der Waals surface area contributed by atoms with Gasteiger partial charge in [-0.25, -0.2) is 0 Å². The molecule has 0 saturated heterocycles. The Morgan fingerprint density at radius 2 is 2.10 bits per heavy atom. The van der Waals surface area contributed by atoms with Crippen LogP contribution >= 0.6 is 11.6 Å². The summed E-state index contributed by atoms with van der Waals surface area (Å²) in [6, 6.07) is 8.78. The van der Waals surface area contributed by atoms with Crippen molar-refractivity contribution >= 4 is 17.5 Å². The minimum atomic E-state index is -0.379. The summed E-state index contributed by atoms with van der Waals surface area (Å²) in [5.41, 5.74) is 1.52. The molecule has 1 atom stereocenters. The predicted molar refractivity (Wildman–Crippen MR) is 83.9 cm³/mol. The number of amides is 1. The highest BCUT2D eigenvalue weighted by atomic mass is 35.5. The summed E-state index contributed by atoms with van der Waals surface area (Å²) >= 11 is 6.10. The van der Waals surface area contributed by atoms with Crippen LogP contribution in [-0.4, -0.2) is 16.9 Å². The normalized spacial score (nSPS) is 12.0. The lowest BCUT2D eigenvalue weighted by Gasteiger charge is -2.14. The van der Waals surface area contributed by atoms with Crippen molar-refractivity contribution in [3.63, 3.8) is 0 Å². The molecule has 0 fully saturated rings. The third kappa shape index (κ3) is 3.95. The Morgan fingerprint density at radius 3 is 2.76 bits per heavy atom. The van der Waals surface area contributed by atoms with E-state index in [0.29, 0.717) is 11.4 Å². The molecule has 0 aliphatic heterocycles. The van der Waals surface area contributed by atoms with Crippen LogP contribution in [0.3, 0.4) is 0 Å². The van der Waals surface area contributed by atoms with Crippen LogP contribution in [0, 0.1) is 6.92 Å². The summed E-state index contributed by atoms with van der Waals surface area (Å²) in [6.07, 6.45) is 2.05. The number of benzene rings is 1. The largest absolute Gasteiger partial charge is 0.364 e. The zero-order valence-electron chi connectivity index (χ0n) is 11.9. The van der Waals surface area contributed by atoms with E-state index in [1.54, 1.807) is 6.92 Å². The summed E-state index contributed by atoms with van der Waals surface area (Å²) < 4.78 is 0. The van der Waals surface area contributed by atoms with Crippen LogP contribution < -0.4 is 10.7 Å². The van der Waals surface area contributed by atoms with E-state index < -0.39 is 0 Å². The lowest BCUT2D eigenvalue weighted by atomic mass is 10.1. The van der Waals surface area contributed by atoms with E-state index in [1.165, 1.54) is 12.3 Å². The Bertz CT molecular complexity index is 709. The second-order valence-corrected chi connectivity index (χ2v) is 5.47. The number of rotatable bonds is 4. The lowest BCUT2D eigenvalue weighted by molar-refractivity contribution is 0.0938. The minimum absolute atomic E-state index is 0.117. The zero-order valence-corrected chi connectivity index (χ0v) is 12.7. The fraction of sp³-hybridized carbons (Fsp3) is 0.250. The topological polar surface area (TPSA) is 62.0 Å².